The van der Waals surface area contributed by atoms with E-state index in [1.807, 2.05) is 38.1 Å². The molecule has 0 spiro atoms. The third-order valence-electron chi connectivity index (χ3n) is 3.75. The van der Waals surface area contributed by atoms with Crippen molar-refractivity contribution in [3.05, 3.63) is 51.2 Å². The van der Waals surface area contributed by atoms with Crippen LogP contribution in [0, 0.1) is 13.8 Å². The molecule has 4 nitrogen and oxygen atoms in total. The number of methoxy groups -OCH3 is 1. The van der Waals surface area contributed by atoms with Gasteiger partial charge >= 0.3 is 0 Å². The van der Waals surface area contributed by atoms with Crippen LogP contribution in [0.5, 0.6) is 5.75 Å². The maximum Gasteiger partial charge on any atom is 0.220 e. The molecule has 0 radical (unpaired) electrons. The molecular formula is C19H23NO3S. The molecule has 128 valence electrons. The van der Waals surface area contributed by atoms with Crippen LogP contribution < -0.4 is 10.1 Å². The number of ether oxygens (including phenoxy) is 1. The zero-order chi connectivity index (χ0) is 17.5. The van der Waals surface area contributed by atoms with E-state index in [4.69, 9.17) is 4.74 Å². The van der Waals surface area contributed by atoms with Crippen LogP contribution in [-0.2, 0) is 11.2 Å². The topological polar surface area (TPSA) is 55.4 Å². The molecule has 2 aromatic rings. The molecule has 0 unspecified atom stereocenters. The zero-order valence-corrected chi connectivity index (χ0v) is 15.2. The number of Topliss-reactive ketones (excluding diaryl/α,β-unsaturated/α-hetero) is 1. The number of thiophene rings is 1. The summed E-state index contributed by atoms with van der Waals surface area (Å²) in [4.78, 5) is 25.7. The predicted molar refractivity (Wildman–Crippen MR) is 97.1 cm³/mol. The molecule has 0 bridgehead atoms. The van der Waals surface area contributed by atoms with E-state index < -0.39 is 0 Å². The summed E-state index contributed by atoms with van der Waals surface area (Å²) in [6, 6.07) is 9.75. The normalized spacial score (nSPS) is 10.5. The van der Waals surface area contributed by atoms with Crippen LogP contribution in [-0.4, -0.2) is 25.3 Å². The van der Waals surface area contributed by atoms with E-state index in [9.17, 15) is 9.59 Å². The fourth-order valence-corrected chi connectivity index (χ4v) is 3.30. The van der Waals surface area contributed by atoms with E-state index in [-0.39, 0.29) is 24.5 Å². The highest BCUT2D eigenvalue weighted by atomic mass is 32.1. The van der Waals surface area contributed by atoms with Crippen molar-refractivity contribution < 1.29 is 14.3 Å². The first-order valence-corrected chi connectivity index (χ1v) is 8.81. The quantitative estimate of drug-likeness (QED) is 0.742. The van der Waals surface area contributed by atoms with E-state index in [0.29, 0.717) is 13.0 Å². The fourth-order valence-electron chi connectivity index (χ4n) is 2.46. The first kappa shape index (κ1) is 18.2. The Kier molecular flexibility index (Phi) is 6.55. The van der Waals surface area contributed by atoms with Crippen LogP contribution in [0.2, 0.25) is 0 Å². The van der Waals surface area contributed by atoms with Crippen LogP contribution in [0.3, 0.4) is 0 Å². The van der Waals surface area contributed by atoms with Gasteiger partial charge in [0.15, 0.2) is 5.78 Å². The second-order valence-corrected chi connectivity index (χ2v) is 7.04. The number of hydrogen-bond donors (Lipinski definition) is 1. The molecular weight excluding hydrogens is 322 g/mol. The number of rotatable bonds is 8. The summed E-state index contributed by atoms with van der Waals surface area (Å²) in [5.74, 6) is 0.768. The Labute approximate surface area is 146 Å². The molecule has 0 saturated carbocycles. The van der Waals surface area contributed by atoms with E-state index in [0.717, 1.165) is 26.6 Å². The van der Waals surface area contributed by atoms with Crippen LogP contribution in [0.25, 0.3) is 0 Å². The summed E-state index contributed by atoms with van der Waals surface area (Å²) >= 11 is 1.47. The Morgan fingerprint density at radius 3 is 2.58 bits per heavy atom. The van der Waals surface area contributed by atoms with Gasteiger partial charge in [0.1, 0.15) is 5.75 Å². The van der Waals surface area contributed by atoms with Crippen molar-refractivity contribution in [1.29, 1.82) is 0 Å². The number of ketones is 1. The van der Waals surface area contributed by atoms with Gasteiger partial charge in [-0.1, -0.05) is 17.7 Å². The average molecular weight is 345 g/mol. The number of carbonyl (C=O) groups excluding carboxylic acids is 2. The molecule has 1 amide bonds. The molecule has 0 aliphatic rings. The minimum absolute atomic E-state index is 0.0311. The van der Waals surface area contributed by atoms with Crippen molar-refractivity contribution in [2.75, 3.05) is 13.7 Å². The summed E-state index contributed by atoms with van der Waals surface area (Å²) in [7, 11) is 1.64. The lowest BCUT2D eigenvalue weighted by Crippen LogP contribution is -2.26. The molecule has 24 heavy (non-hydrogen) atoms. The highest BCUT2D eigenvalue weighted by Crippen LogP contribution is 2.20. The molecule has 5 heteroatoms. The van der Waals surface area contributed by atoms with Crippen LogP contribution in [0.1, 0.15) is 38.5 Å². The van der Waals surface area contributed by atoms with E-state index in [1.165, 1.54) is 11.3 Å². The summed E-state index contributed by atoms with van der Waals surface area (Å²) in [5.41, 5.74) is 2.23. The minimum Gasteiger partial charge on any atom is -0.496 e. The van der Waals surface area contributed by atoms with Crippen molar-refractivity contribution >= 4 is 23.0 Å². The van der Waals surface area contributed by atoms with Gasteiger partial charge in [0.05, 0.1) is 12.0 Å². The van der Waals surface area contributed by atoms with Crippen molar-refractivity contribution in [3.8, 4) is 5.75 Å². The SMILES string of the molecule is COc1ccc(C)cc1CCNC(=O)CCC(=O)c1ccc(C)s1. The summed E-state index contributed by atoms with van der Waals surface area (Å²) in [5, 5.41) is 2.87. The lowest BCUT2D eigenvalue weighted by Gasteiger charge is -2.10. The molecule has 0 aliphatic heterocycles. The lowest BCUT2D eigenvalue weighted by atomic mass is 10.1. The van der Waals surface area contributed by atoms with Crippen molar-refractivity contribution in [1.82, 2.24) is 5.32 Å². The minimum atomic E-state index is -0.0942. The van der Waals surface area contributed by atoms with Gasteiger partial charge in [-0.25, -0.2) is 0 Å². The Balaban J connectivity index is 1.75. The predicted octanol–water partition coefficient (Wildman–Crippen LogP) is 3.70. The van der Waals surface area contributed by atoms with Gasteiger partial charge in [0.25, 0.3) is 0 Å². The molecule has 1 heterocycles. The van der Waals surface area contributed by atoms with Crippen molar-refractivity contribution in [2.24, 2.45) is 0 Å². The maximum atomic E-state index is 12.0. The highest BCUT2D eigenvalue weighted by Gasteiger charge is 2.11. The number of benzene rings is 1. The average Bonchev–Trinajstić information content (AvgIpc) is 2.99. The number of aryl methyl sites for hydroxylation is 2. The van der Waals surface area contributed by atoms with Gasteiger partial charge in [-0.3, -0.25) is 9.59 Å². The zero-order valence-electron chi connectivity index (χ0n) is 14.3. The Morgan fingerprint density at radius 2 is 1.92 bits per heavy atom. The number of nitrogens with one attached hydrogen (secondary N) is 1. The number of amides is 1. The smallest absolute Gasteiger partial charge is 0.220 e. The fraction of sp³-hybridized carbons (Fsp3) is 0.368. The summed E-state index contributed by atoms with van der Waals surface area (Å²) in [6.45, 7) is 4.53. The Morgan fingerprint density at radius 1 is 1.12 bits per heavy atom. The molecule has 0 fully saturated rings. The van der Waals surface area contributed by atoms with Crippen molar-refractivity contribution in [3.63, 3.8) is 0 Å². The molecule has 1 aromatic heterocycles. The monoisotopic (exact) mass is 345 g/mol. The first-order chi connectivity index (χ1) is 11.5. The molecule has 2 rings (SSSR count). The molecule has 0 atom stereocenters. The van der Waals surface area contributed by atoms with E-state index in [2.05, 4.69) is 11.4 Å². The molecule has 0 aliphatic carbocycles. The van der Waals surface area contributed by atoms with E-state index >= 15 is 0 Å². The Bertz CT molecular complexity index is 721. The number of hydrogen-bond acceptors (Lipinski definition) is 4. The second-order valence-electron chi connectivity index (χ2n) is 5.75. The van der Waals surface area contributed by atoms with Crippen LogP contribution >= 0.6 is 11.3 Å². The summed E-state index contributed by atoms with van der Waals surface area (Å²) in [6.07, 6.45) is 1.18. The molecule has 1 N–H and O–H groups in total. The Hall–Kier alpha value is -2.14. The van der Waals surface area contributed by atoms with Gasteiger partial charge < -0.3 is 10.1 Å². The first-order valence-electron chi connectivity index (χ1n) is 7.99. The molecule has 1 aromatic carbocycles. The second kappa shape index (κ2) is 8.64. The third kappa shape index (κ3) is 5.20. The van der Waals surface area contributed by atoms with Gasteiger partial charge in [-0.05, 0) is 44.0 Å². The van der Waals surface area contributed by atoms with Crippen LogP contribution in [0.15, 0.2) is 30.3 Å². The van der Waals surface area contributed by atoms with Gasteiger partial charge in [0, 0.05) is 24.3 Å². The van der Waals surface area contributed by atoms with Gasteiger partial charge in [-0.2, -0.15) is 0 Å². The van der Waals surface area contributed by atoms with E-state index in [1.54, 1.807) is 7.11 Å². The highest BCUT2D eigenvalue weighted by molar-refractivity contribution is 7.14. The van der Waals surface area contributed by atoms with Gasteiger partial charge in [0.2, 0.25) is 5.91 Å². The van der Waals surface area contributed by atoms with Gasteiger partial charge in [-0.15, -0.1) is 11.3 Å². The maximum absolute atomic E-state index is 12.0. The van der Waals surface area contributed by atoms with Crippen molar-refractivity contribution in [2.45, 2.75) is 33.1 Å². The molecule has 0 saturated heterocycles. The standard InChI is InChI=1S/C19H23NO3S/c1-13-4-7-17(23-3)15(12-13)10-11-20-19(22)9-6-16(21)18-8-5-14(2)24-18/h4-5,7-8,12H,6,9-11H2,1-3H3,(H,20,22). The number of carbonyl (C=O) groups is 2. The lowest BCUT2D eigenvalue weighted by molar-refractivity contribution is -0.121. The largest absolute Gasteiger partial charge is 0.496 e. The summed E-state index contributed by atoms with van der Waals surface area (Å²) < 4.78 is 5.33. The third-order valence-corrected chi connectivity index (χ3v) is 4.79. The van der Waals surface area contributed by atoms with Crippen LogP contribution in [0.4, 0.5) is 0 Å².